The molecular weight excluding hydrogens is 253 g/mol. The van der Waals surface area contributed by atoms with E-state index in [9.17, 15) is 13.2 Å². The monoisotopic (exact) mass is 272 g/mol. The lowest BCUT2D eigenvalue weighted by Gasteiger charge is -2.28. The second kappa shape index (κ2) is 5.72. The minimum Gasteiger partial charge on any atom is -0.397 e. The molecule has 106 valence electrons. The molecule has 1 saturated heterocycles. The van der Waals surface area contributed by atoms with Crippen molar-refractivity contribution in [2.45, 2.75) is 38.3 Å². The van der Waals surface area contributed by atoms with Crippen molar-refractivity contribution < 1.29 is 13.2 Å². The number of halogens is 3. The number of anilines is 2. The smallest absolute Gasteiger partial charge is 0.397 e. The molecule has 5 heteroatoms. The maximum absolute atomic E-state index is 12.6. The Bertz CT molecular complexity index is 421. The summed E-state index contributed by atoms with van der Waals surface area (Å²) in [5, 5.41) is 0. The van der Waals surface area contributed by atoms with Crippen LogP contribution in [0.3, 0.4) is 0 Å². The molecule has 1 aliphatic heterocycles. The van der Waals surface area contributed by atoms with Crippen LogP contribution in [0.25, 0.3) is 0 Å². The normalized spacial score (nSPS) is 17.9. The second-order valence-electron chi connectivity index (χ2n) is 5.03. The third-order valence-electron chi connectivity index (χ3n) is 3.55. The average Bonchev–Trinajstić information content (AvgIpc) is 2.28. The number of benzene rings is 1. The fourth-order valence-corrected chi connectivity index (χ4v) is 2.51. The van der Waals surface area contributed by atoms with Gasteiger partial charge >= 0.3 is 6.18 Å². The summed E-state index contributed by atoms with van der Waals surface area (Å²) in [6.45, 7) is 1.74. The summed E-state index contributed by atoms with van der Waals surface area (Å²) < 4.78 is 37.8. The third-order valence-corrected chi connectivity index (χ3v) is 3.55. The van der Waals surface area contributed by atoms with Gasteiger partial charge in [0.2, 0.25) is 0 Å². The highest BCUT2D eigenvalue weighted by atomic mass is 19.4. The number of nitrogen functional groups attached to an aromatic ring is 1. The maximum Gasteiger partial charge on any atom is 0.416 e. The number of rotatable bonds is 1. The van der Waals surface area contributed by atoms with Crippen molar-refractivity contribution in [1.29, 1.82) is 0 Å². The van der Waals surface area contributed by atoms with Gasteiger partial charge in [-0.25, -0.2) is 0 Å². The molecule has 1 heterocycles. The zero-order valence-electron chi connectivity index (χ0n) is 10.8. The number of hydrogen-bond donors (Lipinski definition) is 1. The van der Waals surface area contributed by atoms with Gasteiger partial charge in [-0.1, -0.05) is 19.3 Å². The van der Waals surface area contributed by atoms with Crippen LogP contribution in [0.15, 0.2) is 18.2 Å². The number of nitrogens with zero attached hydrogens (tertiary/aromatic N) is 1. The third kappa shape index (κ3) is 3.55. The van der Waals surface area contributed by atoms with E-state index in [2.05, 4.69) is 4.90 Å². The summed E-state index contributed by atoms with van der Waals surface area (Å²) in [5.41, 5.74) is 6.07. The number of alkyl halides is 3. The molecule has 1 aliphatic rings. The SMILES string of the molecule is Nc1cc(C(F)(F)F)ccc1N1CCCCCCC1. The zero-order valence-corrected chi connectivity index (χ0v) is 10.8. The molecule has 0 atom stereocenters. The molecule has 0 aliphatic carbocycles. The quantitative estimate of drug-likeness (QED) is 0.781. The van der Waals surface area contributed by atoms with Crippen LogP contribution in [0.4, 0.5) is 24.5 Å². The van der Waals surface area contributed by atoms with Gasteiger partial charge in [0, 0.05) is 13.1 Å². The highest BCUT2D eigenvalue weighted by molar-refractivity contribution is 5.68. The van der Waals surface area contributed by atoms with E-state index in [0.29, 0.717) is 0 Å². The molecule has 1 aromatic carbocycles. The van der Waals surface area contributed by atoms with Crippen molar-refractivity contribution >= 4 is 11.4 Å². The molecule has 1 fully saturated rings. The summed E-state index contributed by atoms with van der Waals surface area (Å²) in [7, 11) is 0. The van der Waals surface area contributed by atoms with Gasteiger partial charge in [-0.15, -0.1) is 0 Å². The van der Waals surface area contributed by atoms with E-state index in [0.717, 1.165) is 43.8 Å². The van der Waals surface area contributed by atoms with Gasteiger partial charge in [0.15, 0.2) is 0 Å². The first-order valence-electron chi connectivity index (χ1n) is 6.70. The fraction of sp³-hybridized carbons (Fsp3) is 0.571. The lowest BCUT2D eigenvalue weighted by atomic mass is 10.1. The van der Waals surface area contributed by atoms with Gasteiger partial charge in [-0.05, 0) is 31.0 Å². The topological polar surface area (TPSA) is 29.3 Å². The van der Waals surface area contributed by atoms with Crippen LogP contribution in [-0.2, 0) is 6.18 Å². The van der Waals surface area contributed by atoms with E-state index in [-0.39, 0.29) is 5.69 Å². The molecule has 0 aromatic heterocycles. The minimum atomic E-state index is -4.33. The van der Waals surface area contributed by atoms with Gasteiger partial charge < -0.3 is 10.6 Å². The van der Waals surface area contributed by atoms with Crippen LogP contribution in [0.5, 0.6) is 0 Å². The maximum atomic E-state index is 12.6. The van der Waals surface area contributed by atoms with Crippen LogP contribution >= 0.6 is 0 Å². The van der Waals surface area contributed by atoms with Gasteiger partial charge in [0.1, 0.15) is 0 Å². The van der Waals surface area contributed by atoms with E-state index in [1.54, 1.807) is 0 Å². The van der Waals surface area contributed by atoms with Gasteiger partial charge in [0.25, 0.3) is 0 Å². The molecule has 0 spiro atoms. The Labute approximate surface area is 111 Å². The molecular formula is C14H19F3N2. The van der Waals surface area contributed by atoms with Crippen molar-refractivity contribution in [1.82, 2.24) is 0 Å². The van der Waals surface area contributed by atoms with Crippen LogP contribution in [-0.4, -0.2) is 13.1 Å². The number of hydrogen-bond acceptors (Lipinski definition) is 2. The Hall–Kier alpha value is -1.39. The lowest BCUT2D eigenvalue weighted by molar-refractivity contribution is -0.137. The van der Waals surface area contributed by atoms with E-state index in [1.165, 1.54) is 25.3 Å². The van der Waals surface area contributed by atoms with E-state index in [1.807, 2.05) is 0 Å². The van der Waals surface area contributed by atoms with E-state index < -0.39 is 11.7 Å². The molecule has 0 amide bonds. The zero-order chi connectivity index (χ0) is 13.9. The summed E-state index contributed by atoms with van der Waals surface area (Å²) in [4.78, 5) is 2.11. The van der Waals surface area contributed by atoms with Gasteiger partial charge in [0.05, 0.1) is 16.9 Å². The van der Waals surface area contributed by atoms with Crippen molar-refractivity contribution in [3.8, 4) is 0 Å². The van der Waals surface area contributed by atoms with Crippen LogP contribution in [0.1, 0.15) is 37.7 Å². The molecule has 0 unspecified atom stereocenters. The van der Waals surface area contributed by atoms with Crippen molar-refractivity contribution in [3.63, 3.8) is 0 Å². The molecule has 2 nitrogen and oxygen atoms in total. The Morgan fingerprint density at radius 1 is 0.947 bits per heavy atom. The summed E-state index contributed by atoms with van der Waals surface area (Å²) in [6.07, 6.45) is 1.41. The average molecular weight is 272 g/mol. The molecule has 0 radical (unpaired) electrons. The van der Waals surface area contributed by atoms with Crippen LogP contribution < -0.4 is 10.6 Å². The van der Waals surface area contributed by atoms with Crippen molar-refractivity contribution in [2.75, 3.05) is 23.7 Å². The molecule has 0 saturated carbocycles. The predicted molar refractivity (Wildman–Crippen MR) is 71.2 cm³/mol. The van der Waals surface area contributed by atoms with E-state index >= 15 is 0 Å². The summed E-state index contributed by atoms with van der Waals surface area (Å²) >= 11 is 0. The van der Waals surface area contributed by atoms with E-state index in [4.69, 9.17) is 5.73 Å². The van der Waals surface area contributed by atoms with Crippen molar-refractivity contribution in [3.05, 3.63) is 23.8 Å². The second-order valence-corrected chi connectivity index (χ2v) is 5.03. The molecule has 2 N–H and O–H groups in total. The summed E-state index contributed by atoms with van der Waals surface area (Å²) in [6, 6.07) is 3.65. The molecule has 19 heavy (non-hydrogen) atoms. The highest BCUT2D eigenvalue weighted by Gasteiger charge is 2.31. The molecule has 2 rings (SSSR count). The Morgan fingerprint density at radius 3 is 2.05 bits per heavy atom. The fourth-order valence-electron chi connectivity index (χ4n) is 2.51. The Morgan fingerprint density at radius 2 is 1.53 bits per heavy atom. The van der Waals surface area contributed by atoms with Crippen molar-refractivity contribution in [2.24, 2.45) is 0 Å². The Balaban J connectivity index is 2.19. The first kappa shape index (κ1) is 14.0. The standard InChI is InChI=1S/C14H19F3N2/c15-14(16,17)11-6-7-13(12(18)10-11)19-8-4-2-1-3-5-9-19/h6-7,10H,1-5,8-9,18H2. The first-order valence-corrected chi connectivity index (χ1v) is 6.70. The van der Waals surface area contributed by atoms with Gasteiger partial charge in [-0.2, -0.15) is 13.2 Å². The largest absolute Gasteiger partial charge is 0.416 e. The first-order chi connectivity index (χ1) is 8.98. The van der Waals surface area contributed by atoms with Crippen LogP contribution in [0.2, 0.25) is 0 Å². The van der Waals surface area contributed by atoms with Gasteiger partial charge in [-0.3, -0.25) is 0 Å². The predicted octanol–water partition coefficient (Wildman–Crippen LogP) is 4.06. The minimum absolute atomic E-state index is 0.218. The lowest BCUT2D eigenvalue weighted by Crippen LogP contribution is -2.27. The Kier molecular flexibility index (Phi) is 4.22. The molecule has 0 bridgehead atoms. The number of nitrogens with two attached hydrogens (primary N) is 1. The summed E-state index contributed by atoms with van der Waals surface area (Å²) in [5.74, 6) is 0. The molecule has 1 aromatic rings. The van der Waals surface area contributed by atoms with Crippen LogP contribution in [0, 0.1) is 0 Å². The highest BCUT2D eigenvalue weighted by Crippen LogP contribution is 2.34.